The predicted molar refractivity (Wildman–Crippen MR) is 90.1 cm³/mol. The molecule has 2 aromatic carbocycles. The molecular formula is C18H19ClN2O2. The molecule has 0 saturated carbocycles. The van der Waals surface area contributed by atoms with Gasteiger partial charge in [-0.25, -0.2) is 0 Å². The minimum atomic E-state index is -0.652. The Kier molecular flexibility index (Phi) is 4.96. The molecule has 120 valence electrons. The van der Waals surface area contributed by atoms with Crippen molar-refractivity contribution in [1.82, 2.24) is 4.90 Å². The summed E-state index contributed by atoms with van der Waals surface area (Å²) in [6.07, 6.45) is -0.218. The van der Waals surface area contributed by atoms with E-state index in [9.17, 15) is 4.79 Å². The highest BCUT2D eigenvalue weighted by Crippen LogP contribution is 2.29. The van der Waals surface area contributed by atoms with Crippen LogP contribution in [0.25, 0.3) is 0 Å². The highest BCUT2D eigenvalue weighted by molar-refractivity contribution is 6.31. The summed E-state index contributed by atoms with van der Waals surface area (Å²) in [6.45, 7) is 1.48. The van der Waals surface area contributed by atoms with Crippen LogP contribution in [0.15, 0.2) is 54.6 Å². The van der Waals surface area contributed by atoms with Crippen molar-refractivity contribution in [2.45, 2.75) is 12.1 Å². The molecule has 23 heavy (non-hydrogen) atoms. The van der Waals surface area contributed by atoms with Crippen LogP contribution in [0, 0.1) is 0 Å². The number of ether oxygens (including phenoxy) is 1. The highest BCUT2D eigenvalue weighted by Gasteiger charge is 2.29. The smallest absolute Gasteiger partial charge is 0.244 e. The third kappa shape index (κ3) is 3.55. The Morgan fingerprint density at radius 3 is 2.61 bits per heavy atom. The maximum atomic E-state index is 12.7. The third-order valence-corrected chi connectivity index (χ3v) is 4.40. The van der Waals surface area contributed by atoms with Crippen LogP contribution in [0.2, 0.25) is 5.02 Å². The second kappa shape index (κ2) is 7.13. The van der Waals surface area contributed by atoms with Gasteiger partial charge in [0.2, 0.25) is 5.91 Å². The predicted octanol–water partition coefficient (Wildman–Crippen LogP) is 2.94. The normalized spacial score (nSPS) is 19.4. The van der Waals surface area contributed by atoms with E-state index in [1.54, 1.807) is 4.90 Å². The number of morpholine rings is 1. The number of amides is 1. The van der Waals surface area contributed by atoms with Gasteiger partial charge in [-0.3, -0.25) is 4.79 Å². The maximum Gasteiger partial charge on any atom is 0.244 e. The summed E-state index contributed by atoms with van der Waals surface area (Å²) in [6, 6.07) is 16.3. The number of hydrogen-bond acceptors (Lipinski definition) is 3. The van der Waals surface area contributed by atoms with E-state index in [1.165, 1.54) is 0 Å². The number of benzene rings is 2. The molecule has 1 heterocycles. The first-order valence-corrected chi connectivity index (χ1v) is 8.00. The van der Waals surface area contributed by atoms with Crippen molar-refractivity contribution in [3.8, 4) is 0 Å². The van der Waals surface area contributed by atoms with Crippen molar-refractivity contribution in [3.05, 3.63) is 70.7 Å². The van der Waals surface area contributed by atoms with Crippen LogP contribution in [0.4, 0.5) is 0 Å². The Hall–Kier alpha value is -1.88. The molecule has 0 aliphatic carbocycles. The van der Waals surface area contributed by atoms with Gasteiger partial charge in [-0.1, -0.05) is 60.1 Å². The Labute approximate surface area is 140 Å². The monoisotopic (exact) mass is 330 g/mol. The molecule has 1 saturated heterocycles. The van der Waals surface area contributed by atoms with E-state index in [-0.39, 0.29) is 12.0 Å². The fourth-order valence-electron chi connectivity index (χ4n) is 2.77. The van der Waals surface area contributed by atoms with E-state index in [0.717, 1.165) is 11.1 Å². The average molecular weight is 331 g/mol. The number of carbonyl (C=O) groups is 1. The summed E-state index contributed by atoms with van der Waals surface area (Å²) in [7, 11) is 0. The van der Waals surface area contributed by atoms with E-state index in [0.29, 0.717) is 24.7 Å². The zero-order chi connectivity index (χ0) is 16.2. The average Bonchev–Trinajstić information content (AvgIpc) is 2.62. The molecule has 1 aliphatic heterocycles. The van der Waals surface area contributed by atoms with E-state index < -0.39 is 6.04 Å². The van der Waals surface area contributed by atoms with E-state index in [2.05, 4.69) is 0 Å². The molecule has 3 rings (SSSR count). The summed E-state index contributed by atoms with van der Waals surface area (Å²) in [5, 5.41) is 0.652. The molecule has 0 bridgehead atoms. The standard InChI is InChI=1S/C18H19ClN2O2/c19-15-9-5-4-8-14(15)16-12-21(10-11-23-16)18(22)17(20)13-6-2-1-3-7-13/h1-9,16-17H,10-12,20H2/t16-,17-/m0/s1. The van der Waals surface area contributed by atoms with Crippen LogP contribution in [-0.4, -0.2) is 30.5 Å². The second-order valence-corrected chi connectivity index (χ2v) is 5.96. The Morgan fingerprint density at radius 1 is 1.17 bits per heavy atom. The van der Waals surface area contributed by atoms with Crippen LogP contribution < -0.4 is 5.73 Å². The van der Waals surface area contributed by atoms with Crippen LogP contribution in [0.5, 0.6) is 0 Å². The Balaban J connectivity index is 1.73. The third-order valence-electron chi connectivity index (χ3n) is 4.05. The summed E-state index contributed by atoms with van der Waals surface area (Å²) in [5.41, 5.74) is 7.85. The molecule has 2 atom stereocenters. The molecule has 2 aromatic rings. The largest absolute Gasteiger partial charge is 0.370 e. The first-order chi connectivity index (χ1) is 11.2. The van der Waals surface area contributed by atoms with Crippen molar-refractivity contribution in [3.63, 3.8) is 0 Å². The molecule has 0 radical (unpaired) electrons. The molecule has 0 spiro atoms. The van der Waals surface area contributed by atoms with Gasteiger partial charge < -0.3 is 15.4 Å². The zero-order valence-corrected chi connectivity index (χ0v) is 13.4. The molecular weight excluding hydrogens is 312 g/mol. The summed E-state index contributed by atoms with van der Waals surface area (Å²) in [5.74, 6) is -0.0865. The van der Waals surface area contributed by atoms with Crippen molar-refractivity contribution in [2.75, 3.05) is 19.7 Å². The van der Waals surface area contributed by atoms with Crippen LogP contribution in [0.3, 0.4) is 0 Å². The van der Waals surface area contributed by atoms with Crippen LogP contribution >= 0.6 is 11.6 Å². The molecule has 2 N–H and O–H groups in total. The van der Waals surface area contributed by atoms with Crippen LogP contribution in [0.1, 0.15) is 23.3 Å². The van der Waals surface area contributed by atoms with Crippen molar-refractivity contribution >= 4 is 17.5 Å². The molecule has 1 fully saturated rings. The van der Waals surface area contributed by atoms with Crippen LogP contribution in [-0.2, 0) is 9.53 Å². The van der Waals surface area contributed by atoms with E-state index in [1.807, 2.05) is 54.6 Å². The van der Waals surface area contributed by atoms with Gasteiger partial charge in [-0.15, -0.1) is 0 Å². The number of halogens is 1. The van der Waals surface area contributed by atoms with Gasteiger partial charge >= 0.3 is 0 Å². The first-order valence-electron chi connectivity index (χ1n) is 7.62. The van der Waals surface area contributed by atoms with Gasteiger partial charge in [0, 0.05) is 17.1 Å². The number of carbonyl (C=O) groups excluding carboxylic acids is 1. The lowest BCUT2D eigenvalue weighted by molar-refractivity contribution is -0.140. The first kappa shape index (κ1) is 16.0. The molecule has 1 aliphatic rings. The molecule has 1 amide bonds. The van der Waals surface area contributed by atoms with E-state index in [4.69, 9.17) is 22.1 Å². The van der Waals surface area contributed by atoms with Gasteiger partial charge in [0.1, 0.15) is 12.1 Å². The van der Waals surface area contributed by atoms with E-state index >= 15 is 0 Å². The number of rotatable bonds is 3. The second-order valence-electron chi connectivity index (χ2n) is 5.55. The summed E-state index contributed by atoms with van der Waals surface area (Å²) in [4.78, 5) is 14.4. The van der Waals surface area contributed by atoms with Gasteiger partial charge in [0.05, 0.1) is 13.2 Å². The summed E-state index contributed by atoms with van der Waals surface area (Å²) < 4.78 is 5.79. The van der Waals surface area contributed by atoms with Gasteiger partial charge in [-0.05, 0) is 11.6 Å². The maximum absolute atomic E-state index is 12.7. The SMILES string of the molecule is N[C@H](C(=O)N1CCO[C@H](c2ccccc2Cl)C1)c1ccccc1. The molecule has 5 heteroatoms. The molecule has 4 nitrogen and oxygen atoms in total. The number of nitrogens with two attached hydrogens (primary N) is 1. The van der Waals surface area contributed by atoms with Crippen molar-refractivity contribution in [2.24, 2.45) is 5.73 Å². The lowest BCUT2D eigenvalue weighted by Gasteiger charge is -2.35. The topological polar surface area (TPSA) is 55.6 Å². The Morgan fingerprint density at radius 2 is 1.87 bits per heavy atom. The number of nitrogens with zero attached hydrogens (tertiary/aromatic N) is 1. The lowest BCUT2D eigenvalue weighted by atomic mass is 10.0. The Bertz CT molecular complexity index is 678. The minimum absolute atomic E-state index is 0.0865. The minimum Gasteiger partial charge on any atom is -0.370 e. The highest BCUT2D eigenvalue weighted by atomic mass is 35.5. The summed E-state index contributed by atoms with van der Waals surface area (Å²) >= 11 is 6.24. The fraction of sp³-hybridized carbons (Fsp3) is 0.278. The number of hydrogen-bond donors (Lipinski definition) is 1. The lowest BCUT2D eigenvalue weighted by Crippen LogP contribution is -2.46. The molecule has 0 unspecified atom stereocenters. The molecule has 0 aromatic heterocycles. The van der Waals surface area contributed by atoms with Gasteiger partial charge in [0.15, 0.2) is 0 Å². The van der Waals surface area contributed by atoms with Gasteiger partial charge in [-0.2, -0.15) is 0 Å². The van der Waals surface area contributed by atoms with Crippen molar-refractivity contribution in [1.29, 1.82) is 0 Å². The fourth-order valence-corrected chi connectivity index (χ4v) is 3.03. The quantitative estimate of drug-likeness (QED) is 0.941. The van der Waals surface area contributed by atoms with Crippen molar-refractivity contribution < 1.29 is 9.53 Å². The van der Waals surface area contributed by atoms with Gasteiger partial charge in [0.25, 0.3) is 0 Å². The zero-order valence-electron chi connectivity index (χ0n) is 12.7.